The number of hydrogen-bond acceptors (Lipinski definition) is 3. The minimum atomic E-state index is -3.69. The Morgan fingerprint density at radius 3 is 2.44 bits per heavy atom. The number of nitrogens with one attached hydrogen (secondary N) is 1. The molecule has 0 radical (unpaired) electrons. The van der Waals surface area contributed by atoms with Crippen molar-refractivity contribution in [2.75, 3.05) is 0 Å². The van der Waals surface area contributed by atoms with Gasteiger partial charge in [0.15, 0.2) is 0 Å². The van der Waals surface area contributed by atoms with Crippen LogP contribution < -0.4 is 4.72 Å². The van der Waals surface area contributed by atoms with E-state index in [4.69, 9.17) is 0 Å². The van der Waals surface area contributed by atoms with Gasteiger partial charge < -0.3 is 0 Å². The molecule has 4 nitrogen and oxygen atoms in total. The zero-order chi connectivity index (χ0) is 13.2. The highest BCUT2D eigenvalue weighted by Crippen LogP contribution is 2.24. The van der Waals surface area contributed by atoms with Crippen molar-refractivity contribution >= 4 is 15.9 Å². The number of benzene rings is 1. The highest BCUT2D eigenvalue weighted by Gasteiger charge is 2.30. The molecule has 18 heavy (non-hydrogen) atoms. The molecule has 0 spiro atoms. The predicted molar refractivity (Wildman–Crippen MR) is 65.0 cm³/mol. The lowest BCUT2D eigenvalue weighted by Gasteiger charge is -2.12. The van der Waals surface area contributed by atoms with Crippen molar-refractivity contribution in [3.63, 3.8) is 0 Å². The Bertz CT molecular complexity index is 550. The molecule has 2 rings (SSSR count). The number of sulfonamides is 1. The summed E-state index contributed by atoms with van der Waals surface area (Å²) in [4.78, 5) is 11.7. The molecule has 0 heterocycles. The summed E-state index contributed by atoms with van der Waals surface area (Å²) in [6.45, 7) is 0. The topological polar surface area (TPSA) is 63.2 Å². The molecule has 0 unspecified atom stereocenters. The predicted octanol–water partition coefficient (Wildman–Crippen LogP) is 1.83. The Labute approximate surface area is 105 Å². The zero-order valence-electron chi connectivity index (χ0n) is 9.73. The quantitative estimate of drug-likeness (QED) is 0.912. The molecule has 1 aromatic carbocycles. The van der Waals surface area contributed by atoms with E-state index in [0.29, 0.717) is 12.8 Å². The molecule has 6 heteroatoms. The van der Waals surface area contributed by atoms with Crippen LogP contribution in [0.2, 0.25) is 0 Å². The molecule has 1 amide bonds. The first-order chi connectivity index (χ1) is 8.50. The summed E-state index contributed by atoms with van der Waals surface area (Å²) >= 11 is 0. The van der Waals surface area contributed by atoms with E-state index in [1.54, 1.807) is 0 Å². The van der Waals surface area contributed by atoms with Gasteiger partial charge in [-0.05, 0) is 25.0 Å². The summed E-state index contributed by atoms with van der Waals surface area (Å²) < 4.78 is 39.0. The lowest BCUT2D eigenvalue weighted by molar-refractivity contribution is 0.0977. The molecule has 1 aliphatic rings. The van der Waals surface area contributed by atoms with E-state index >= 15 is 0 Å². The van der Waals surface area contributed by atoms with Crippen LogP contribution in [0.15, 0.2) is 24.3 Å². The number of halogens is 1. The third-order valence-electron chi connectivity index (χ3n) is 3.09. The molecular formula is C12H14FNO3S. The van der Waals surface area contributed by atoms with Crippen LogP contribution in [0.5, 0.6) is 0 Å². The van der Waals surface area contributed by atoms with Gasteiger partial charge in [0.05, 0.1) is 10.8 Å². The first-order valence-electron chi connectivity index (χ1n) is 5.81. The van der Waals surface area contributed by atoms with Gasteiger partial charge in [-0.1, -0.05) is 25.0 Å². The number of amides is 1. The first kappa shape index (κ1) is 13.0. The summed E-state index contributed by atoms with van der Waals surface area (Å²) in [6, 6.07) is 5.31. The van der Waals surface area contributed by atoms with Crippen LogP contribution >= 0.6 is 0 Å². The Morgan fingerprint density at radius 1 is 1.22 bits per heavy atom. The van der Waals surface area contributed by atoms with Crippen molar-refractivity contribution in [2.24, 2.45) is 0 Å². The van der Waals surface area contributed by atoms with E-state index in [0.717, 1.165) is 18.9 Å². The van der Waals surface area contributed by atoms with Gasteiger partial charge in [-0.2, -0.15) is 0 Å². The van der Waals surface area contributed by atoms with Crippen molar-refractivity contribution in [1.82, 2.24) is 4.72 Å². The smallest absolute Gasteiger partial charge is 0.267 e. The van der Waals surface area contributed by atoms with Crippen LogP contribution in [0.1, 0.15) is 36.0 Å². The Hall–Kier alpha value is -1.43. The number of rotatable bonds is 3. The summed E-state index contributed by atoms with van der Waals surface area (Å²) in [5, 5.41) is -0.534. The van der Waals surface area contributed by atoms with Crippen LogP contribution in [0.4, 0.5) is 4.39 Å². The van der Waals surface area contributed by atoms with E-state index in [2.05, 4.69) is 0 Å². The number of hydrogen-bond donors (Lipinski definition) is 1. The number of carbonyl (C=O) groups excluding carboxylic acids is 1. The first-order valence-corrected chi connectivity index (χ1v) is 7.36. The maximum Gasteiger partial charge on any atom is 0.267 e. The van der Waals surface area contributed by atoms with Crippen LogP contribution in [0.25, 0.3) is 0 Å². The molecule has 0 aromatic heterocycles. The highest BCUT2D eigenvalue weighted by molar-refractivity contribution is 7.90. The van der Waals surface area contributed by atoms with Crippen LogP contribution in [0.3, 0.4) is 0 Å². The van der Waals surface area contributed by atoms with E-state index in [9.17, 15) is 17.6 Å². The fourth-order valence-electron chi connectivity index (χ4n) is 2.11. The van der Waals surface area contributed by atoms with Gasteiger partial charge in [-0.3, -0.25) is 4.79 Å². The number of carbonyl (C=O) groups is 1. The van der Waals surface area contributed by atoms with Crippen molar-refractivity contribution in [2.45, 2.75) is 30.9 Å². The fourth-order valence-corrected chi connectivity index (χ4v) is 3.60. The molecule has 0 saturated heterocycles. The summed E-state index contributed by atoms with van der Waals surface area (Å²) in [6.07, 6.45) is 2.80. The van der Waals surface area contributed by atoms with Gasteiger partial charge in [-0.15, -0.1) is 0 Å². The Kier molecular flexibility index (Phi) is 3.65. The van der Waals surface area contributed by atoms with Crippen molar-refractivity contribution < 1.29 is 17.6 Å². The Morgan fingerprint density at radius 2 is 1.83 bits per heavy atom. The maximum absolute atomic E-state index is 13.3. The lowest BCUT2D eigenvalue weighted by atomic mass is 10.2. The molecule has 98 valence electrons. The zero-order valence-corrected chi connectivity index (χ0v) is 10.5. The van der Waals surface area contributed by atoms with Gasteiger partial charge >= 0.3 is 0 Å². The fraction of sp³-hybridized carbons (Fsp3) is 0.417. The third-order valence-corrected chi connectivity index (χ3v) is 4.91. The molecule has 0 bridgehead atoms. The highest BCUT2D eigenvalue weighted by atomic mass is 32.2. The van der Waals surface area contributed by atoms with Gasteiger partial charge in [0.2, 0.25) is 10.0 Å². The molecular weight excluding hydrogens is 257 g/mol. The molecule has 1 saturated carbocycles. The van der Waals surface area contributed by atoms with E-state index in [1.165, 1.54) is 18.2 Å². The molecule has 0 atom stereocenters. The molecule has 1 aromatic rings. The van der Waals surface area contributed by atoms with E-state index in [-0.39, 0.29) is 5.56 Å². The molecule has 0 aliphatic heterocycles. The van der Waals surface area contributed by atoms with Gasteiger partial charge in [0.1, 0.15) is 5.82 Å². The van der Waals surface area contributed by atoms with Crippen molar-refractivity contribution in [1.29, 1.82) is 0 Å². The molecule has 1 N–H and O–H groups in total. The third kappa shape index (κ3) is 2.69. The van der Waals surface area contributed by atoms with Crippen LogP contribution in [-0.2, 0) is 10.0 Å². The molecule has 1 aliphatic carbocycles. The average Bonchev–Trinajstić information content (AvgIpc) is 2.82. The largest absolute Gasteiger partial charge is 0.268 e. The maximum atomic E-state index is 13.3. The average molecular weight is 271 g/mol. The van der Waals surface area contributed by atoms with E-state index in [1.807, 2.05) is 4.72 Å². The normalized spacial score (nSPS) is 16.7. The monoisotopic (exact) mass is 271 g/mol. The van der Waals surface area contributed by atoms with Gasteiger partial charge in [0.25, 0.3) is 5.91 Å². The summed E-state index contributed by atoms with van der Waals surface area (Å²) in [5.74, 6) is -1.63. The molecule has 1 fully saturated rings. The second kappa shape index (κ2) is 5.06. The summed E-state index contributed by atoms with van der Waals surface area (Å²) in [5.41, 5.74) is -0.251. The minimum absolute atomic E-state index is 0.251. The second-order valence-electron chi connectivity index (χ2n) is 4.36. The second-order valence-corrected chi connectivity index (χ2v) is 6.32. The standard InChI is InChI=1S/C12H14FNO3S/c13-11-8-4-3-7-10(11)12(15)14-18(16,17)9-5-1-2-6-9/h3-4,7-9H,1-2,5-6H2,(H,14,15). The lowest BCUT2D eigenvalue weighted by Crippen LogP contribution is -2.37. The van der Waals surface area contributed by atoms with E-state index < -0.39 is 27.0 Å². The SMILES string of the molecule is O=C(NS(=O)(=O)C1CCCC1)c1ccccc1F. The van der Waals surface area contributed by atoms with Crippen molar-refractivity contribution in [3.05, 3.63) is 35.6 Å². The Balaban J connectivity index is 2.14. The van der Waals surface area contributed by atoms with Crippen molar-refractivity contribution in [3.8, 4) is 0 Å². The van der Waals surface area contributed by atoms with Crippen LogP contribution in [0, 0.1) is 5.82 Å². The van der Waals surface area contributed by atoms with Gasteiger partial charge in [0, 0.05) is 0 Å². The van der Waals surface area contributed by atoms with Crippen LogP contribution in [-0.4, -0.2) is 19.6 Å². The summed E-state index contributed by atoms with van der Waals surface area (Å²) in [7, 11) is -3.69. The minimum Gasteiger partial charge on any atom is -0.268 e. The van der Waals surface area contributed by atoms with Gasteiger partial charge in [-0.25, -0.2) is 17.5 Å².